The van der Waals surface area contributed by atoms with Crippen molar-refractivity contribution in [3.05, 3.63) is 60.0 Å². The van der Waals surface area contributed by atoms with Crippen LogP contribution < -0.4 is 0 Å². The predicted octanol–water partition coefficient (Wildman–Crippen LogP) is 3.42. The van der Waals surface area contributed by atoms with E-state index in [1.807, 2.05) is 41.1 Å². The number of ether oxygens (including phenoxy) is 1. The van der Waals surface area contributed by atoms with E-state index in [9.17, 15) is 0 Å². The van der Waals surface area contributed by atoms with Gasteiger partial charge in [0.2, 0.25) is 11.8 Å². The third-order valence-corrected chi connectivity index (χ3v) is 4.96. The van der Waals surface area contributed by atoms with Gasteiger partial charge in [-0.3, -0.25) is 0 Å². The third kappa shape index (κ3) is 3.21. The van der Waals surface area contributed by atoms with Gasteiger partial charge in [-0.05, 0) is 42.7 Å². The van der Waals surface area contributed by atoms with E-state index in [1.165, 1.54) is 0 Å². The lowest BCUT2D eigenvalue weighted by Gasteiger charge is -2.18. The van der Waals surface area contributed by atoms with Crippen LogP contribution in [0.3, 0.4) is 0 Å². The Labute approximate surface area is 156 Å². The first-order valence-corrected chi connectivity index (χ1v) is 9.15. The fourth-order valence-corrected chi connectivity index (χ4v) is 3.42. The van der Waals surface area contributed by atoms with E-state index >= 15 is 0 Å². The molecule has 2 aromatic carbocycles. The zero-order valence-electron chi connectivity index (χ0n) is 14.8. The van der Waals surface area contributed by atoms with Gasteiger partial charge in [0.1, 0.15) is 5.52 Å². The average molecular weight is 361 g/mol. The van der Waals surface area contributed by atoms with Gasteiger partial charge in [0.05, 0.1) is 12.1 Å². The van der Waals surface area contributed by atoms with Crippen molar-refractivity contribution in [2.75, 3.05) is 13.2 Å². The van der Waals surface area contributed by atoms with Crippen LogP contribution in [0.15, 0.2) is 52.9 Å². The first-order valence-electron chi connectivity index (χ1n) is 9.15. The molecule has 0 radical (unpaired) electrons. The van der Waals surface area contributed by atoms with E-state index in [1.54, 1.807) is 0 Å². The number of para-hydroxylation sites is 1. The van der Waals surface area contributed by atoms with Crippen LogP contribution in [-0.4, -0.2) is 38.4 Å². The Balaban J connectivity index is 1.33. The summed E-state index contributed by atoms with van der Waals surface area (Å²) in [5.74, 6) is 1.58. The van der Waals surface area contributed by atoms with Crippen LogP contribution in [0, 0.1) is 0 Å². The van der Waals surface area contributed by atoms with E-state index in [2.05, 4.69) is 32.6 Å². The molecule has 0 aliphatic carbocycles. The van der Waals surface area contributed by atoms with Crippen LogP contribution in [0.1, 0.15) is 30.2 Å². The molecule has 3 heterocycles. The molecule has 136 valence electrons. The summed E-state index contributed by atoms with van der Waals surface area (Å²) in [6, 6.07) is 16.1. The topological polar surface area (TPSA) is 78.9 Å². The van der Waals surface area contributed by atoms with Crippen molar-refractivity contribution in [3.8, 4) is 11.5 Å². The van der Waals surface area contributed by atoms with Crippen LogP contribution >= 0.6 is 0 Å². The van der Waals surface area contributed by atoms with Gasteiger partial charge in [0, 0.05) is 24.7 Å². The van der Waals surface area contributed by atoms with Crippen LogP contribution in [0.2, 0.25) is 0 Å². The molecule has 2 aromatic heterocycles. The summed E-state index contributed by atoms with van der Waals surface area (Å²) in [4.78, 5) is 0. The van der Waals surface area contributed by atoms with Crippen molar-refractivity contribution in [1.82, 2.24) is 25.2 Å². The molecule has 0 amide bonds. The van der Waals surface area contributed by atoms with Crippen molar-refractivity contribution in [1.29, 1.82) is 0 Å². The van der Waals surface area contributed by atoms with E-state index in [0.717, 1.165) is 48.2 Å². The van der Waals surface area contributed by atoms with Crippen molar-refractivity contribution in [3.63, 3.8) is 0 Å². The lowest BCUT2D eigenvalue weighted by molar-refractivity contribution is 0.0795. The molecule has 0 N–H and O–H groups in total. The molecule has 1 fully saturated rings. The predicted molar refractivity (Wildman–Crippen MR) is 99.2 cm³/mol. The highest BCUT2D eigenvalue weighted by Crippen LogP contribution is 2.28. The average Bonchev–Trinajstić information content (AvgIpc) is 3.37. The third-order valence-electron chi connectivity index (χ3n) is 4.96. The SMILES string of the molecule is c1ccc2c(c1)nnn2Cc1ccc(-c2nnc(C3CCOCC3)o2)cc1. The highest BCUT2D eigenvalue weighted by molar-refractivity contribution is 5.73. The quantitative estimate of drug-likeness (QED) is 0.554. The summed E-state index contributed by atoms with van der Waals surface area (Å²) in [6.07, 6.45) is 1.87. The van der Waals surface area contributed by atoms with E-state index in [0.29, 0.717) is 24.2 Å². The minimum absolute atomic E-state index is 0.305. The molecule has 0 atom stereocenters. The van der Waals surface area contributed by atoms with Crippen LogP contribution in [0.4, 0.5) is 0 Å². The van der Waals surface area contributed by atoms with Crippen LogP contribution in [-0.2, 0) is 11.3 Å². The number of benzene rings is 2. The Bertz CT molecular complexity index is 1050. The Morgan fingerprint density at radius 2 is 1.74 bits per heavy atom. The van der Waals surface area contributed by atoms with Gasteiger partial charge in [0.25, 0.3) is 0 Å². The number of nitrogens with zero attached hydrogens (tertiary/aromatic N) is 5. The molecule has 5 rings (SSSR count). The second kappa shape index (κ2) is 6.92. The van der Waals surface area contributed by atoms with E-state index < -0.39 is 0 Å². The van der Waals surface area contributed by atoms with Gasteiger partial charge >= 0.3 is 0 Å². The molecule has 1 saturated heterocycles. The van der Waals surface area contributed by atoms with Crippen molar-refractivity contribution in [2.45, 2.75) is 25.3 Å². The minimum Gasteiger partial charge on any atom is -0.420 e. The molecule has 27 heavy (non-hydrogen) atoms. The molecule has 0 spiro atoms. The van der Waals surface area contributed by atoms with E-state index in [4.69, 9.17) is 9.15 Å². The summed E-state index contributed by atoms with van der Waals surface area (Å²) in [6.45, 7) is 2.18. The van der Waals surface area contributed by atoms with Crippen LogP contribution in [0.5, 0.6) is 0 Å². The Kier molecular flexibility index (Phi) is 4.14. The van der Waals surface area contributed by atoms with Gasteiger partial charge in [-0.25, -0.2) is 4.68 Å². The molecular formula is C20H19N5O2. The summed E-state index contributed by atoms with van der Waals surface area (Å²) in [7, 11) is 0. The van der Waals surface area contributed by atoms with Crippen molar-refractivity contribution >= 4 is 11.0 Å². The molecule has 0 unspecified atom stereocenters. The van der Waals surface area contributed by atoms with Crippen molar-refractivity contribution in [2.24, 2.45) is 0 Å². The first-order chi connectivity index (χ1) is 13.4. The second-order valence-corrected chi connectivity index (χ2v) is 6.76. The number of rotatable bonds is 4. The molecule has 1 aliphatic rings. The molecule has 1 aliphatic heterocycles. The minimum atomic E-state index is 0.305. The normalized spacial score (nSPS) is 15.4. The largest absolute Gasteiger partial charge is 0.420 e. The molecule has 0 bridgehead atoms. The maximum absolute atomic E-state index is 5.91. The van der Waals surface area contributed by atoms with Gasteiger partial charge in [-0.15, -0.1) is 15.3 Å². The standard InChI is InChI=1S/C20H19N5O2/c1-2-4-18-17(3-1)21-24-25(18)13-14-5-7-15(8-6-14)19-22-23-20(27-19)16-9-11-26-12-10-16/h1-8,16H,9-13H2. The lowest BCUT2D eigenvalue weighted by Crippen LogP contribution is -2.14. The Morgan fingerprint density at radius 3 is 2.59 bits per heavy atom. The molecule has 7 nitrogen and oxygen atoms in total. The lowest BCUT2D eigenvalue weighted by atomic mass is 10.0. The zero-order chi connectivity index (χ0) is 18.1. The van der Waals surface area contributed by atoms with Gasteiger partial charge < -0.3 is 9.15 Å². The molecular weight excluding hydrogens is 342 g/mol. The van der Waals surface area contributed by atoms with Gasteiger partial charge in [0.15, 0.2) is 0 Å². The highest BCUT2D eigenvalue weighted by atomic mass is 16.5. The molecule has 4 aromatic rings. The number of fused-ring (bicyclic) bond motifs is 1. The summed E-state index contributed by atoms with van der Waals surface area (Å²) in [5, 5.41) is 16.9. The van der Waals surface area contributed by atoms with E-state index in [-0.39, 0.29) is 0 Å². The smallest absolute Gasteiger partial charge is 0.247 e. The summed E-state index contributed by atoms with van der Waals surface area (Å²) < 4.78 is 13.2. The number of hydrogen-bond donors (Lipinski definition) is 0. The second-order valence-electron chi connectivity index (χ2n) is 6.76. The monoisotopic (exact) mass is 361 g/mol. The number of hydrogen-bond acceptors (Lipinski definition) is 6. The first kappa shape index (κ1) is 16.1. The zero-order valence-corrected chi connectivity index (χ0v) is 14.8. The summed E-state index contributed by atoms with van der Waals surface area (Å²) in [5.41, 5.74) is 3.99. The maximum Gasteiger partial charge on any atom is 0.247 e. The maximum atomic E-state index is 5.91. The van der Waals surface area contributed by atoms with Crippen molar-refractivity contribution < 1.29 is 9.15 Å². The van der Waals surface area contributed by atoms with Crippen LogP contribution in [0.25, 0.3) is 22.5 Å². The summed E-state index contributed by atoms with van der Waals surface area (Å²) >= 11 is 0. The molecule has 0 saturated carbocycles. The highest BCUT2D eigenvalue weighted by Gasteiger charge is 2.22. The fourth-order valence-electron chi connectivity index (χ4n) is 3.42. The van der Waals surface area contributed by atoms with Gasteiger partial charge in [-0.1, -0.05) is 29.5 Å². The van der Waals surface area contributed by atoms with Gasteiger partial charge in [-0.2, -0.15) is 0 Å². The Morgan fingerprint density at radius 1 is 0.926 bits per heavy atom. The molecule has 7 heteroatoms. The Hall–Kier alpha value is -3.06. The fraction of sp³-hybridized carbons (Fsp3) is 0.300. The number of aromatic nitrogens is 5.